The van der Waals surface area contributed by atoms with Crippen LogP contribution in [0.15, 0.2) is 60.7 Å². The zero-order valence-corrected chi connectivity index (χ0v) is 19.6. The molecule has 35 heavy (non-hydrogen) atoms. The van der Waals surface area contributed by atoms with Gasteiger partial charge in [0, 0.05) is 25.2 Å². The molecule has 0 saturated carbocycles. The maximum atomic E-state index is 13.6. The van der Waals surface area contributed by atoms with E-state index < -0.39 is 22.6 Å². The van der Waals surface area contributed by atoms with E-state index >= 15 is 0 Å². The number of fused-ring (bicyclic) bond motifs is 1. The molecule has 0 fully saturated rings. The van der Waals surface area contributed by atoms with E-state index in [-0.39, 0.29) is 29.4 Å². The van der Waals surface area contributed by atoms with E-state index in [2.05, 4.69) is 0 Å². The molecule has 0 atom stereocenters. The fraction of sp³-hybridized carbons (Fsp3) is 0.160. The summed E-state index contributed by atoms with van der Waals surface area (Å²) in [5.74, 6) is -1.05. The lowest BCUT2D eigenvalue weighted by atomic mass is 10.1. The molecular weight excluding hydrogens is 474 g/mol. The molecule has 1 aliphatic rings. The van der Waals surface area contributed by atoms with Crippen LogP contribution in [-0.2, 0) is 0 Å². The van der Waals surface area contributed by atoms with Crippen molar-refractivity contribution in [2.75, 3.05) is 25.1 Å². The third kappa shape index (κ3) is 4.45. The summed E-state index contributed by atoms with van der Waals surface area (Å²) in [5.41, 5.74) is 1.68. The summed E-state index contributed by atoms with van der Waals surface area (Å²) >= 11 is 6.23. The van der Waals surface area contributed by atoms with E-state index in [1.807, 2.05) is 6.92 Å². The maximum absolute atomic E-state index is 13.6. The summed E-state index contributed by atoms with van der Waals surface area (Å²) in [6, 6.07) is 15.3. The summed E-state index contributed by atoms with van der Waals surface area (Å²) in [6.45, 7) is 1.72. The number of non-ortho nitro benzene ring substituents is 1. The molecule has 0 aromatic heterocycles. The van der Waals surface area contributed by atoms with Gasteiger partial charge < -0.3 is 9.64 Å². The van der Waals surface area contributed by atoms with Gasteiger partial charge in [0.25, 0.3) is 23.4 Å². The van der Waals surface area contributed by atoms with E-state index in [0.29, 0.717) is 22.6 Å². The van der Waals surface area contributed by atoms with E-state index in [0.717, 1.165) is 16.5 Å². The molecule has 10 heteroatoms. The predicted octanol–water partition coefficient (Wildman–Crippen LogP) is 4.51. The van der Waals surface area contributed by atoms with Gasteiger partial charge in [-0.25, -0.2) is 0 Å². The quantitative estimate of drug-likeness (QED) is 0.272. The van der Waals surface area contributed by atoms with Crippen molar-refractivity contribution in [3.63, 3.8) is 0 Å². The molecule has 0 saturated heterocycles. The number of aryl methyl sites for hydroxylation is 1. The van der Waals surface area contributed by atoms with Crippen molar-refractivity contribution in [3.05, 3.63) is 98.1 Å². The highest BCUT2D eigenvalue weighted by atomic mass is 35.5. The lowest BCUT2D eigenvalue weighted by Crippen LogP contribution is -2.41. The predicted molar refractivity (Wildman–Crippen MR) is 129 cm³/mol. The highest BCUT2D eigenvalue weighted by Gasteiger charge is 2.36. The molecule has 0 bridgehead atoms. The molecule has 0 spiro atoms. The molecule has 4 rings (SSSR count). The second-order valence-electron chi connectivity index (χ2n) is 7.86. The first-order valence-electron chi connectivity index (χ1n) is 10.6. The van der Waals surface area contributed by atoms with Gasteiger partial charge in [0.1, 0.15) is 5.75 Å². The number of anilines is 1. The van der Waals surface area contributed by atoms with Gasteiger partial charge in [0.15, 0.2) is 0 Å². The molecule has 0 unspecified atom stereocenters. The zero-order valence-electron chi connectivity index (χ0n) is 18.9. The highest BCUT2D eigenvalue weighted by molar-refractivity contribution is 6.34. The standard InChI is InChI=1S/C25H20ClN3O6/c1-15-7-10-21(22(13-15)35-2)27(25(32)19-9-8-16(29(33)34)14-20(19)26)11-12-28-23(30)17-5-3-4-6-18(17)24(28)31/h3-10,13-14H,11-12H2,1-2H3. The summed E-state index contributed by atoms with van der Waals surface area (Å²) in [7, 11) is 1.46. The number of hydrogen-bond acceptors (Lipinski definition) is 6. The smallest absolute Gasteiger partial charge is 0.270 e. The Morgan fingerprint density at radius 3 is 2.29 bits per heavy atom. The summed E-state index contributed by atoms with van der Waals surface area (Å²) in [6.07, 6.45) is 0. The number of amides is 3. The first kappa shape index (κ1) is 23.9. The average Bonchev–Trinajstić information content (AvgIpc) is 3.09. The monoisotopic (exact) mass is 493 g/mol. The minimum Gasteiger partial charge on any atom is -0.495 e. The summed E-state index contributed by atoms with van der Waals surface area (Å²) in [5, 5.41) is 11.0. The van der Waals surface area contributed by atoms with Crippen LogP contribution in [0.5, 0.6) is 5.75 Å². The Balaban J connectivity index is 1.70. The lowest BCUT2D eigenvalue weighted by Gasteiger charge is -2.27. The van der Waals surface area contributed by atoms with E-state index in [1.165, 1.54) is 24.1 Å². The Kier molecular flexibility index (Phi) is 6.52. The minimum absolute atomic E-state index is 0.0299. The number of imide groups is 1. The number of nitrogens with zero attached hydrogens (tertiary/aromatic N) is 3. The number of hydrogen-bond donors (Lipinski definition) is 0. The van der Waals surface area contributed by atoms with Gasteiger partial charge in [-0.15, -0.1) is 0 Å². The van der Waals surface area contributed by atoms with E-state index in [1.54, 1.807) is 42.5 Å². The number of halogens is 1. The molecule has 3 amide bonds. The highest BCUT2D eigenvalue weighted by Crippen LogP contribution is 2.33. The Bertz CT molecular complexity index is 1340. The number of carbonyl (C=O) groups excluding carboxylic acids is 3. The molecule has 3 aromatic rings. The van der Waals surface area contributed by atoms with Crippen LogP contribution in [0.1, 0.15) is 36.6 Å². The molecule has 178 valence electrons. The van der Waals surface area contributed by atoms with Gasteiger partial charge in [-0.1, -0.05) is 29.8 Å². The van der Waals surface area contributed by atoms with Gasteiger partial charge in [-0.05, 0) is 42.8 Å². The Morgan fingerprint density at radius 1 is 1.06 bits per heavy atom. The molecule has 1 aliphatic heterocycles. The number of nitro groups is 1. The van der Waals surface area contributed by atoms with Crippen molar-refractivity contribution < 1.29 is 24.0 Å². The van der Waals surface area contributed by atoms with Crippen molar-refractivity contribution in [3.8, 4) is 5.75 Å². The third-order valence-corrected chi connectivity index (χ3v) is 6.00. The van der Waals surface area contributed by atoms with Crippen LogP contribution in [0.25, 0.3) is 0 Å². The van der Waals surface area contributed by atoms with Gasteiger partial charge >= 0.3 is 0 Å². The van der Waals surface area contributed by atoms with Crippen LogP contribution >= 0.6 is 11.6 Å². The average molecular weight is 494 g/mol. The van der Waals surface area contributed by atoms with Gasteiger partial charge in [0.2, 0.25) is 0 Å². The molecule has 1 heterocycles. The molecular formula is C25H20ClN3O6. The normalized spacial score (nSPS) is 12.5. The van der Waals surface area contributed by atoms with Crippen molar-refractivity contribution in [2.45, 2.75) is 6.92 Å². The van der Waals surface area contributed by atoms with Crippen LogP contribution in [-0.4, -0.2) is 47.7 Å². The number of methoxy groups -OCH3 is 1. The molecule has 9 nitrogen and oxygen atoms in total. The van der Waals surface area contributed by atoms with Crippen LogP contribution in [0.2, 0.25) is 5.02 Å². The summed E-state index contributed by atoms with van der Waals surface area (Å²) < 4.78 is 5.48. The van der Waals surface area contributed by atoms with Gasteiger partial charge in [0.05, 0.1) is 39.4 Å². The first-order valence-corrected chi connectivity index (χ1v) is 11.0. The lowest BCUT2D eigenvalue weighted by molar-refractivity contribution is -0.384. The number of ether oxygens (including phenoxy) is 1. The van der Waals surface area contributed by atoms with Crippen LogP contribution in [0.4, 0.5) is 11.4 Å². The Labute approximate surface area is 205 Å². The number of benzene rings is 3. The van der Waals surface area contributed by atoms with Crippen LogP contribution in [0, 0.1) is 17.0 Å². The topological polar surface area (TPSA) is 110 Å². The number of carbonyl (C=O) groups is 3. The van der Waals surface area contributed by atoms with Crippen LogP contribution in [0.3, 0.4) is 0 Å². The van der Waals surface area contributed by atoms with Crippen molar-refractivity contribution in [1.82, 2.24) is 4.90 Å². The fourth-order valence-corrected chi connectivity index (χ4v) is 4.17. The molecule has 0 N–H and O–H groups in total. The largest absolute Gasteiger partial charge is 0.495 e. The zero-order chi connectivity index (χ0) is 25.3. The van der Waals surface area contributed by atoms with Crippen molar-refractivity contribution in [1.29, 1.82) is 0 Å². The molecule has 0 aliphatic carbocycles. The Hall–Kier alpha value is -4.24. The second-order valence-corrected chi connectivity index (χ2v) is 8.27. The Morgan fingerprint density at radius 2 is 1.71 bits per heavy atom. The first-order chi connectivity index (χ1) is 16.7. The van der Waals surface area contributed by atoms with Gasteiger partial charge in [-0.3, -0.25) is 29.4 Å². The minimum atomic E-state index is -0.608. The van der Waals surface area contributed by atoms with Crippen molar-refractivity contribution >= 4 is 40.7 Å². The second kappa shape index (κ2) is 9.55. The maximum Gasteiger partial charge on any atom is 0.270 e. The van der Waals surface area contributed by atoms with E-state index in [4.69, 9.17) is 16.3 Å². The van der Waals surface area contributed by atoms with Crippen LogP contribution < -0.4 is 9.64 Å². The third-order valence-electron chi connectivity index (χ3n) is 5.69. The summed E-state index contributed by atoms with van der Waals surface area (Å²) in [4.78, 5) is 52.1. The van der Waals surface area contributed by atoms with E-state index in [9.17, 15) is 24.5 Å². The van der Waals surface area contributed by atoms with Gasteiger partial charge in [-0.2, -0.15) is 0 Å². The fourth-order valence-electron chi connectivity index (χ4n) is 3.92. The van der Waals surface area contributed by atoms with Crippen molar-refractivity contribution in [2.24, 2.45) is 0 Å². The number of rotatable bonds is 7. The molecule has 3 aromatic carbocycles. The SMILES string of the molecule is COc1cc(C)ccc1N(CCN1C(=O)c2ccccc2C1=O)C(=O)c1ccc([N+](=O)[O-])cc1Cl. The molecule has 0 radical (unpaired) electrons. The number of nitro benzene ring substituents is 1.